The van der Waals surface area contributed by atoms with Crippen LogP contribution in [0.25, 0.3) is 0 Å². The van der Waals surface area contributed by atoms with E-state index in [0.29, 0.717) is 0 Å². The number of methoxy groups -OCH3 is 1. The fourth-order valence-electron chi connectivity index (χ4n) is 0.759. The van der Waals surface area contributed by atoms with Crippen LogP contribution in [-0.2, 0) is 0 Å². The van der Waals surface area contributed by atoms with Gasteiger partial charge < -0.3 is 19.4 Å². The lowest BCUT2D eigenvalue weighted by Crippen LogP contribution is -2.21. The van der Waals surface area contributed by atoms with Crippen molar-refractivity contribution in [3.05, 3.63) is 18.1 Å². The molecular formula is C6H7BFNO4. The maximum atomic E-state index is 12.6. The number of hydrogen-bond acceptors (Lipinski definition) is 5. The maximum Gasteiger partial charge on any atom is 0.707 e. The number of halogens is 1. The summed E-state index contributed by atoms with van der Waals surface area (Å²) in [5, 5.41) is 16.9. The van der Waals surface area contributed by atoms with Gasteiger partial charge in [0.2, 0.25) is 0 Å². The van der Waals surface area contributed by atoms with Gasteiger partial charge in [-0.15, -0.1) is 0 Å². The second kappa shape index (κ2) is 4.06. The third-order valence-electron chi connectivity index (χ3n) is 1.21. The predicted octanol–water partition coefficient (Wildman–Crippen LogP) is -0.422. The predicted molar refractivity (Wildman–Crippen MR) is 41.6 cm³/mol. The van der Waals surface area contributed by atoms with Gasteiger partial charge in [0.05, 0.1) is 13.3 Å². The van der Waals surface area contributed by atoms with E-state index >= 15 is 0 Å². The summed E-state index contributed by atoms with van der Waals surface area (Å²) in [5.41, 5.74) is 0. The first-order valence-corrected chi connectivity index (χ1v) is 3.36. The van der Waals surface area contributed by atoms with Gasteiger partial charge in [-0.3, -0.25) is 0 Å². The average Bonchev–Trinajstić information content (AvgIpc) is 2.03. The summed E-state index contributed by atoms with van der Waals surface area (Å²) in [6.45, 7) is 0. The molecule has 0 atom stereocenters. The van der Waals surface area contributed by atoms with E-state index < -0.39 is 13.1 Å². The third-order valence-corrected chi connectivity index (χ3v) is 1.21. The number of aromatic nitrogens is 1. The van der Waals surface area contributed by atoms with Crippen LogP contribution >= 0.6 is 0 Å². The first kappa shape index (κ1) is 9.75. The van der Waals surface area contributed by atoms with Crippen LogP contribution in [0.4, 0.5) is 4.39 Å². The molecule has 0 saturated carbocycles. The van der Waals surface area contributed by atoms with E-state index in [1.165, 1.54) is 7.11 Å². The molecule has 1 heterocycles. The van der Waals surface area contributed by atoms with Crippen LogP contribution in [0.15, 0.2) is 12.3 Å². The van der Waals surface area contributed by atoms with E-state index in [4.69, 9.17) is 10.0 Å². The fourth-order valence-corrected chi connectivity index (χ4v) is 0.759. The molecule has 1 rings (SSSR count). The topological polar surface area (TPSA) is 71.8 Å². The molecule has 7 heteroatoms. The highest BCUT2D eigenvalue weighted by atomic mass is 19.1. The lowest BCUT2D eigenvalue weighted by molar-refractivity contribution is 0.276. The van der Waals surface area contributed by atoms with Crippen LogP contribution < -0.4 is 9.39 Å². The Balaban J connectivity index is 2.94. The van der Waals surface area contributed by atoms with Crippen molar-refractivity contribution in [3.8, 4) is 11.6 Å². The second-order valence-electron chi connectivity index (χ2n) is 2.11. The minimum Gasteiger partial charge on any atom is -0.508 e. The van der Waals surface area contributed by atoms with Crippen molar-refractivity contribution < 1.29 is 23.8 Å². The zero-order chi connectivity index (χ0) is 9.84. The first-order chi connectivity index (χ1) is 6.13. The smallest absolute Gasteiger partial charge is 0.508 e. The molecule has 0 radical (unpaired) electrons. The van der Waals surface area contributed by atoms with Crippen molar-refractivity contribution in [2.45, 2.75) is 0 Å². The normalized spacial score (nSPS) is 9.54. The highest BCUT2D eigenvalue weighted by molar-refractivity contribution is 6.33. The van der Waals surface area contributed by atoms with Gasteiger partial charge in [-0.1, -0.05) is 0 Å². The molecule has 1 aromatic rings. The Hall–Kier alpha value is -1.34. The molecule has 0 unspecified atom stereocenters. The van der Waals surface area contributed by atoms with Crippen molar-refractivity contribution in [1.29, 1.82) is 0 Å². The van der Waals surface area contributed by atoms with Crippen LogP contribution in [0.1, 0.15) is 0 Å². The molecule has 70 valence electrons. The Morgan fingerprint density at radius 1 is 1.54 bits per heavy atom. The van der Waals surface area contributed by atoms with Gasteiger partial charge in [-0.2, -0.15) is 0 Å². The molecule has 5 nitrogen and oxygen atoms in total. The number of nitrogens with zero attached hydrogens (tertiary/aromatic N) is 1. The molecule has 0 bridgehead atoms. The molecule has 13 heavy (non-hydrogen) atoms. The van der Waals surface area contributed by atoms with Crippen LogP contribution in [0, 0.1) is 5.82 Å². The van der Waals surface area contributed by atoms with E-state index in [1.807, 2.05) is 0 Å². The quantitative estimate of drug-likeness (QED) is 0.628. The van der Waals surface area contributed by atoms with E-state index in [1.54, 1.807) is 0 Å². The third kappa shape index (κ3) is 2.57. The van der Waals surface area contributed by atoms with Gasteiger partial charge >= 0.3 is 7.32 Å². The van der Waals surface area contributed by atoms with E-state index in [0.717, 1.165) is 12.3 Å². The zero-order valence-corrected chi connectivity index (χ0v) is 6.77. The standard InChI is InChI=1S/C6H7BFNO4/c1-12-6-5(13-7(10)11)2-4(8)3-9-6/h2-3,10-11H,1H3. The molecule has 0 saturated heterocycles. The van der Waals surface area contributed by atoms with Crippen molar-refractivity contribution in [3.63, 3.8) is 0 Å². The zero-order valence-electron chi connectivity index (χ0n) is 6.77. The van der Waals surface area contributed by atoms with E-state index in [-0.39, 0.29) is 11.6 Å². The van der Waals surface area contributed by atoms with Gasteiger partial charge in [0, 0.05) is 6.07 Å². The van der Waals surface area contributed by atoms with E-state index in [9.17, 15) is 4.39 Å². The lowest BCUT2D eigenvalue weighted by atomic mass is 10.2. The van der Waals surface area contributed by atoms with E-state index in [2.05, 4.69) is 14.4 Å². The molecule has 0 aliphatic carbocycles. The van der Waals surface area contributed by atoms with Crippen molar-refractivity contribution >= 4 is 7.32 Å². The van der Waals surface area contributed by atoms with Crippen molar-refractivity contribution in [1.82, 2.24) is 4.98 Å². The molecule has 2 N–H and O–H groups in total. The van der Waals surface area contributed by atoms with Gasteiger partial charge in [0.25, 0.3) is 5.88 Å². The van der Waals surface area contributed by atoms with Crippen molar-refractivity contribution in [2.24, 2.45) is 0 Å². The Morgan fingerprint density at radius 2 is 2.23 bits per heavy atom. The van der Waals surface area contributed by atoms with Gasteiger partial charge in [-0.05, 0) is 0 Å². The highest BCUT2D eigenvalue weighted by Crippen LogP contribution is 2.24. The van der Waals surface area contributed by atoms with Crippen molar-refractivity contribution in [2.75, 3.05) is 7.11 Å². The molecule has 0 aliphatic heterocycles. The monoisotopic (exact) mass is 187 g/mol. The molecule has 0 aliphatic rings. The summed E-state index contributed by atoms with van der Waals surface area (Å²) < 4.78 is 21.6. The number of rotatable bonds is 3. The second-order valence-corrected chi connectivity index (χ2v) is 2.11. The molecule has 0 amide bonds. The minimum absolute atomic E-state index is 0.0190. The number of ether oxygens (including phenoxy) is 1. The molecule has 0 fully saturated rings. The summed E-state index contributed by atoms with van der Waals surface area (Å²) in [6, 6.07) is 0.936. The maximum absolute atomic E-state index is 12.6. The average molecular weight is 187 g/mol. The van der Waals surface area contributed by atoms with Crippen LogP contribution in [0.5, 0.6) is 11.6 Å². The SMILES string of the molecule is COc1ncc(F)cc1OB(O)O. The Kier molecular flexibility index (Phi) is 3.05. The van der Waals surface area contributed by atoms with Crippen LogP contribution in [0.3, 0.4) is 0 Å². The lowest BCUT2D eigenvalue weighted by Gasteiger charge is -2.07. The van der Waals surface area contributed by atoms with Gasteiger partial charge in [-0.25, -0.2) is 9.37 Å². The Morgan fingerprint density at radius 3 is 2.77 bits per heavy atom. The summed E-state index contributed by atoms with van der Waals surface area (Å²) in [7, 11) is -0.728. The van der Waals surface area contributed by atoms with Gasteiger partial charge in [0.1, 0.15) is 5.82 Å². The summed E-state index contributed by atoms with van der Waals surface area (Å²) in [4.78, 5) is 3.51. The highest BCUT2D eigenvalue weighted by Gasteiger charge is 2.16. The minimum atomic E-state index is -2.03. The van der Waals surface area contributed by atoms with Gasteiger partial charge in [0.15, 0.2) is 5.75 Å². The van der Waals surface area contributed by atoms with Crippen LogP contribution in [-0.4, -0.2) is 29.5 Å². The Bertz CT molecular complexity index is 296. The largest absolute Gasteiger partial charge is 0.707 e. The molecule has 1 aromatic heterocycles. The fraction of sp³-hybridized carbons (Fsp3) is 0.167. The van der Waals surface area contributed by atoms with Crippen LogP contribution in [0.2, 0.25) is 0 Å². The number of pyridine rings is 1. The molecule has 0 aromatic carbocycles. The first-order valence-electron chi connectivity index (χ1n) is 3.36. The summed E-state index contributed by atoms with van der Waals surface area (Å²) in [6.07, 6.45) is 0.926. The number of hydrogen-bond donors (Lipinski definition) is 2. The Labute approximate surface area is 73.9 Å². The molecule has 0 spiro atoms. The summed E-state index contributed by atoms with van der Waals surface area (Å²) in [5.74, 6) is -0.844. The molecular weight excluding hydrogens is 180 g/mol. The summed E-state index contributed by atoms with van der Waals surface area (Å²) >= 11 is 0.